The first-order valence-electron chi connectivity index (χ1n) is 8.01. The van der Waals surface area contributed by atoms with E-state index in [0.717, 1.165) is 5.56 Å². The minimum absolute atomic E-state index is 0.0284. The maximum atomic E-state index is 13.1. The van der Waals surface area contributed by atoms with Gasteiger partial charge in [-0.15, -0.1) is 0 Å². The van der Waals surface area contributed by atoms with Crippen LogP contribution < -0.4 is 4.74 Å². The molecule has 2 rings (SSSR count). The number of carbonyl (C=O) groups excluding carboxylic acids is 1. The molecule has 1 saturated heterocycles. The summed E-state index contributed by atoms with van der Waals surface area (Å²) in [6, 6.07) is 5.30. The second-order valence-corrected chi connectivity index (χ2v) is 8.93. The molecular weight excluding hydrogens is 328 g/mol. The van der Waals surface area contributed by atoms with Crippen molar-refractivity contribution in [1.29, 1.82) is 0 Å². The SMILES string of the molecule is COc1ccc(C(C)(C)C)cc1S(=O)(=O)N1CCN(C(C)=O)CC1. The molecule has 0 unspecified atom stereocenters. The van der Waals surface area contributed by atoms with Crippen LogP contribution in [0.1, 0.15) is 33.3 Å². The van der Waals surface area contributed by atoms with Gasteiger partial charge < -0.3 is 9.64 Å². The van der Waals surface area contributed by atoms with Crippen molar-refractivity contribution >= 4 is 15.9 Å². The lowest BCUT2D eigenvalue weighted by atomic mass is 9.87. The fraction of sp³-hybridized carbons (Fsp3) is 0.588. The van der Waals surface area contributed by atoms with Crippen molar-refractivity contribution < 1.29 is 17.9 Å². The molecule has 24 heavy (non-hydrogen) atoms. The van der Waals surface area contributed by atoms with Crippen molar-refractivity contribution in [3.8, 4) is 5.75 Å². The molecule has 1 aliphatic rings. The average molecular weight is 354 g/mol. The van der Waals surface area contributed by atoms with Gasteiger partial charge in [-0.1, -0.05) is 26.8 Å². The maximum Gasteiger partial charge on any atom is 0.246 e. The number of benzene rings is 1. The zero-order chi connectivity index (χ0) is 18.1. The number of ether oxygens (including phenoxy) is 1. The molecule has 1 amide bonds. The van der Waals surface area contributed by atoms with Gasteiger partial charge in [0.15, 0.2) is 0 Å². The molecule has 0 saturated carbocycles. The van der Waals surface area contributed by atoms with E-state index < -0.39 is 10.0 Å². The van der Waals surface area contributed by atoms with Gasteiger partial charge in [0.2, 0.25) is 15.9 Å². The molecule has 0 radical (unpaired) electrons. The Morgan fingerprint density at radius 2 is 1.71 bits per heavy atom. The summed E-state index contributed by atoms with van der Waals surface area (Å²) in [6.45, 7) is 9.03. The van der Waals surface area contributed by atoms with Gasteiger partial charge in [-0.3, -0.25) is 4.79 Å². The number of carbonyl (C=O) groups is 1. The highest BCUT2D eigenvalue weighted by Gasteiger charge is 2.32. The highest BCUT2D eigenvalue weighted by atomic mass is 32.2. The molecular formula is C17H26N2O4S. The number of hydrogen-bond donors (Lipinski definition) is 0. The van der Waals surface area contributed by atoms with E-state index in [1.165, 1.54) is 18.3 Å². The molecule has 0 aromatic heterocycles. The topological polar surface area (TPSA) is 66.9 Å². The molecule has 7 heteroatoms. The molecule has 1 heterocycles. The van der Waals surface area contributed by atoms with Gasteiger partial charge in [0.1, 0.15) is 10.6 Å². The second kappa shape index (κ2) is 6.72. The van der Waals surface area contributed by atoms with Crippen LogP contribution in [0.2, 0.25) is 0 Å². The molecule has 1 aromatic carbocycles. The number of methoxy groups -OCH3 is 1. The first-order valence-corrected chi connectivity index (χ1v) is 9.45. The van der Waals surface area contributed by atoms with E-state index in [2.05, 4.69) is 0 Å². The summed E-state index contributed by atoms with van der Waals surface area (Å²) in [5.74, 6) is 0.316. The van der Waals surface area contributed by atoms with Gasteiger partial charge >= 0.3 is 0 Å². The molecule has 1 fully saturated rings. The van der Waals surface area contributed by atoms with Gasteiger partial charge in [-0.25, -0.2) is 8.42 Å². The number of piperazine rings is 1. The lowest BCUT2D eigenvalue weighted by molar-refractivity contribution is -0.129. The minimum atomic E-state index is -3.67. The molecule has 1 aromatic rings. The van der Waals surface area contributed by atoms with Crippen molar-refractivity contribution in [2.45, 2.75) is 38.0 Å². The van der Waals surface area contributed by atoms with Gasteiger partial charge in [-0.05, 0) is 23.1 Å². The van der Waals surface area contributed by atoms with Crippen molar-refractivity contribution in [3.63, 3.8) is 0 Å². The van der Waals surface area contributed by atoms with Gasteiger partial charge in [0.25, 0.3) is 0 Å². The molecule has 0 N–H and O–H groups in total. The van der Waals surface area contributed by atoms with Crippen LogP contribution in [-0.4, -0.2) is 56.8 Å². The maximum absolute atomic E-state index is 13.1. The Hall–Kier alpha value is -1.60. The van der Waals surface area contributed by atoms with Crippen molar-refractivity contribution in [2.75, 3.05) is 33.3 Å². The third-order valence-corrected chi connectivity index (χ3v) is 6.25. The van der Waals surface area contributed by atoms with Crippen LogP contribution in [0.25, 0.3) is 0 Å². The van der Waals surface area contributed by atoms with Gasteiger partial charge in [0.05, 0.1) is 7.11 Å². The number of hydrogen-bond acceptors (Lipinski definition) is 4. The Labute approximate surface area is 144 Å². The van der Waals surface area contributed by atoms with Gasteiger partial charge in [-0.2, -0.15) is 4.31 Å². The van der Waals surface area contributed by atoms with Crippen LogP contribution in [0.4, 0.5) is 0 Å². The zero-order valence-electron chi connectivity index (χ0n) is 15.0. The van der Waals surface area contributed by atoms with Crippen LogP contribution in [0.15, 0.2) is 23.1 Å². The zero-order valence-corrected chi connectivity index (χ0v) is 15.8. The fourth-order valence-corrected chi connectivity index (χ4v) is 4.33. The molecule has 0 atom stereocenters. The molecule has 0 aliphatic carbocycles. The van der Waals surface area contributed by atoms with E-state index in [4.69, 9.17) is 4.74 Å². The minimum Gasteiger partial charge on any atom is -0.495 e. The number of amides is 1. The Kier molecular flexibility index (Phi) is 5.25. The Balaban J connectivity index is 2.37. The summed E-state index contributed by atoms with van der Waals surface area (Å²) in [4.78, 5) is 13.3. The fourth-order valence-electron chi connectivity index (χ4n) is 2.73. The van der Waals surface area contributed by atoms with Crippen LogP contribution in [0.3, 0.4) is 0 Å². The summed E-state index contributed by atoms with van der Waals surface area (Å²) in [5.41, 5.74) is 0.772. The lowest BCUT2D eigenvalue weighted by Gasteiger charge is -2.33. The summed E-state index contributed by atoms with van der Waals surface area (Å²) in [7, 11) is -2.20. The Bertz CT molecular complexity index is 715. The summed E-state index contributed by atoms with van der Waals surface area (Å²) >= 11 is 0. The van der Waals surface area contributed by atoms with E-state index >= 15 is 0 Å². The smallest absolute Gasteiger partial charge is 0.246 e. The van der Waals surface area contributed by atoms with Crippen LogP contribution in [0.5, 0.6) is 5.75 Å². The second-order valence-electron chi connectivity index (χ2n) is 7.03. The summed E-state index contributed by atoms with van der Waals surface area (Å²) in [5, 5.41) is 0. The largest absolute Gasteiger partial charge is 0.495 e. The van der Waals surface area contributed by atoms with E-state index in [1.807, 2.05) is 26.8 Å². The van der Waals surface area contributed by atoms with Crippen molar-refractivity contribution in [3.05, 3.63) is 23.8 Å². The normalized spacial score (nSPS) is 17.0. The monoisotopic (exact) mass is 354 g/mol. The number of sulfonamides is 1. The molecule has 0 bridgehead atoms. The molecule has 0 spiro atoms. The number of nitrogens with zero attached hydrogens (tertiary/aromatic N) is 2. The molecule has 6 nitrogen and oxygen atoms in total. The number of rotatable bonds is 3. The standard InChI is InChI=1S/C17H26N2O4S/c1-13(20)18-8-10-19(11-9-18)24(21,22)16-12-14(17(2,3)4)6-7-15(16)23-5/h6-7,12H,8-11H2,1-5H3. The van der Waals surface area contributed by atoms with Gasteiger partial charge in [0, 0.05) is 33.1 Å². The van der Waals surface area contributed by atoms with E-state index in [0.29, 0.717) is 31.9 Å². The average Bonchev–Trinajstić information content (AvgIpc) is 2.53. The third-order valence-electron chi connectivity index (χ3n) is 4.33. The highest BCUT2D eigenvalue weighted by molar-refractivity contribution is 7.89. The van der Waals surface area contributed by atoms with Crippen molar-refractivity contribution in [1.82, 2.24) is 9.21 Å². The van der Waals surface area contributed by atoms with Crippen LogP contribution >= 0.6 is 0 Å². The first-order chi connectivity index (χ1) is 11.1. The Morgan fingerprint density at radius 3 is 2.17 bits per heavy atom. The first kappa shape index (κ1) is 18.7. The van der Waals surface area contributed by atoms with Crippen molar-refractivity contribution in [2.24, 2.45) is 0 Å². The summed E-state index contributed by atoms with van der Waals surface area (Å²) in [6.07, 6.45) is 0. The predicted molar refractivity (Wildman–Crippen MR) is 92.7 cm³/mol. The Morgan fingerprint density at radius 1 is 1.12 bits per heavy atom. The highest BCUT2D eigenvalue weighted by Crippen LogP contribution is 2.32. The van der Waals surface area contributed by atoms with E-state index in [1.54, 1.807) is 17.0 Å². The quantitative estimate of drug-likeness (QED) is 0.831. The lowest BCUT2D eigenvalue weighted by Crippen LogP contribution is -2.50. The van der Waals surface area contributed by atoms with E-state index in [-0.39, 0.29) is 16.2 Å². The molecule has 1 aliphatic heterocycles. The predicted octanol–water partition coefficient (Wildman–Crippen LogP) is 1.85. The van der Waals surface area contributed by atoms with E-state index in [9.17, 15) is 13.2 Å². The van der Waals surface area contributed by atoms with Crippen LogP contribution in [-0.2, 0) is 20.2 Å². The van der Waals surface area contributed by atoms with Crippen LogP contribution in [0, 0.1) is 0 Å². The summed E-state index contributed by atoms with van der Waals surface area (Å²) < 4.78 is 32.8. The molecule has 134 valence electrons. The third kappa shape index (κ3) is 3.72.